The fourth-order valence-corrected chi connectivity index (χ4v) is 5.39. The number of nitrogens with zero attached hydrogens (tertiary/aromatic N) is 3. The highest BCUT2D eigenvalue weighted by atomic mass is 16.5. The summed E-state index contributed by atoms with van der Waals surface area (Å²) in [5.41, 5.74) is 5.52. The van der Waals surface area contributed by atoms with Gasteiger partial charge in [0.1, 0.15) is 0 Å². The Morgan fingerprint density at radius 1 is 1.06 bits per heavy atom. The van der Waals surface area contributed by atoms with Gasteiger partial charge in [0.15, 0.2) is 0 Å². The first-order valence-corrected chi connectivity index (χ1v) is 11.7. The second-order valence-corrected chi connectivity index (χ2v) is 9.13. The molecule has 1 aromatic heterocycles. The van der Waals surface area contributed by atoms with Gasteiger partial charge in [-0.3, -0.25) is 14.6 Å². The van der Waals surface area contributed by atoms with E-state index in [9.17, 15) is 9.59 Å². The van der Waals surface area contributed by atoms with E-state index < -0.39 is 0 Å². The molecule has 2 aromatic carbocycles. The highest BCUT2D eigenvalue weighted by molar-refractivity contribution is 5.88. The summed E-state index contributed by atoms with van der Waals surface area (Å²) in [5.74, 6) is 0.0521. The van der Waals surface area contributed by atoms with E-state index in [1.54, 1.807) is 18.2 Å². The average Bonchev–Trinajstić information content (AvgIpc) is 2.84. The van der Waals surface area contributed by atoms with Crippen LogP contribution in [0.25, 0.3) is 11.1 Å². The lowest BCUT2D eigenvalue weighted by molar-refractivity contribution is -0.167. The fourth-order valence-electron chi connectivity index (χ4n) is 5.39. The smallest absolute Gasteiger partial charge is 0.242 e. The van der Waals surface area contributed by atoms with Crippen LogP contribution in [-0.2, 0) is 20.7 Å². The molecule has 2 amide bonds. The Kier molecular flexibility index (Phi) is 6.16. The second-order valence-electron chi connectivity index (χ2n) is 9.13. The maximum Gasteiger partial charge on any atom is 0.242 e. The normalized spacial score (nSPS) is 21.7. The van der Waals surface area contributed by atoms with Crippen molar-refractivity contribution in [1.82, 2.24) is 14.8 Å². The van der Waals surface area contributed by atoms with Crippen LogP contribution in [0.5, 0.6) is 0 Å². The minimum atomic E-state index is -0.0597. The van der Waals surface area contributed by atoms with Crippen molar-refractivity contribution >= 4 is 11.8 Å². The number of pyridine rings is 1. The third-order valence-corrected chi connectivity index (χ3v) is 7.07. The molecular weight excluding hydrogens is 426 g/mol. The van der Waals surface area contributed by atoms with Crippen molar-refractivity contribution in [3.63, 3.8) is 0 Å². The zero-order chi connectivity index (χ0) is 23.7. The number of piperazine rings is 1. The quantitative estimate of drug-likeness (QED) is 0.571. The van der Waals surface area contributed by atoms with Crippen molar-refractivity contribution in [3.8, 4) is 11.1 Å². The predicted molar refractivity (Wildman–Crippen MR) is 130 cm³/mol. The second kappa shape index (κ2) is 9.39. The summed E-state index contributed by atoms with van der Waals surface area (Å²) >= 11 is 0. The molecule has 5 rings (SSSR count). The zero-order valence-electron chi connectivity index (χ0n) is 19.6. The topological polar surface area (TPSA) is 62.7 Å². The SMILES string of the molecule is COC[C@@H]1[C@H](c2ccc(-c3ccccc3C)cc2)[C@@H]2CN(C(=O)Cc3ccccn3)CC(=O)N12. The van der Waals surface area contributed by atoms with Crippen molar-refractivity contribution in [2.45, 2.75) is 31.3 Å². The Labute approximate surface area is 200 Å². The predicted octanol–water partition coefficient (Wildman–Crippen LogP) is 3.45. The van der Waals surface area contributed by atoms with Crippen LogP contribution in [0.15, 0.2) is 72.9 Å². The third-order valence-electron chi connectivity index (χ3n) is 7.07. The molecule has 0 aliphatic carbocycles. The number of methoxy groups -OCH3 is 1. The van der Waals surface area contributed by atoms with E-state index in [4.69, 9.17) is 4.74 Å². The number of ether oxygens (including phenoxy) is 1. The first-order chi connectivity index (χ1) is 16.6. The van der Waals surface area contributed by atoms with Crippen LogP contribution in [0.2, 0.25) is 0 Å². The van der Waals surface area contributed by atoms with Crippen molar-refractivity contribution in [2.24, 2.45) is 0 Å². The molecule has 0 N–H and O–H groups in total. The van der Waals surface area contributed by atoms with Crippen LogP contribution in [-0.4, -0.2) is 65.5 Å². The summed E-state index contributed by atoms with van der Waals surface area (Å²) in [4.78, 5) is 33.9. The molecule has 0 saturated carbocycles. The van der Waals surface area contributed by atoms with Gasteiger partial charge in [0.25, 0.3) is 0 Å². The number of hydrogen-bond donors (Lipinski definition) is 0. The first-order valence-electron chi connectivity index (χ1n) is 11.7. The largest absolute Gasteiger partial charge is 0.383 e. The highest BCUT2D eigenvalue weighted by Crippen LogP contribution is 2.43. The minimum absolute atomic E-state index is 0.0135. The molecule has 2 aliphatic rings. The average molecular weight is 456 g/mol. The maximum absolute atomic E-state index is 13.0. The maximum atomic E-state index is 13.0. The lowest BCUT2D eigenvalue weighted by Crippen LogP contribution is -2.73. The van der Waals surface area contributed by atoms with Crippen molar-refractivity contribution in [3.05, 3.63) is 89.7 Å². The van der Waals surface area contributed by atoms with Gasteiger partial charge in [-0.2, -0.15) is 0 Å². The molecule has 6 nitrogen and oxygen atoms in total. The van der Waals surface area contributed by atoms with Gasteiger partial charge >= 0.3 is 0 Å². The van der Waals surface area contributed by atoms with Crippen molar-refractivity contribution in [1.29, 1.82) is 0 Å². The van der Waals surface area contributed by atoms with Gasteiger partial charge in [0, 0.05) is 31.5 Å². The molecule has 2 fully saturated rings. The number of amides is 2. The number of rotatable bonds is 6. The van der Waals surface area contributed by atoms with Gasteiger partial charge in [0.05, 0.1) is 31.7 Å². The Bertz CT molecular complexity index is 1180. The number of aryl methyl sites for hydroxylation is 1. The van der Waals surface area contributed by atoms with Gasteiger partial charge in [-0.15, -0.1) is 0 Å². The van der Waals surface area contributed by atoms with E-state index in [1.165, 1.54) is 22.3 Å². The number of carbonyl (C=O) groups is 2. The Hall–Kier alpha value is -3.51. The van der Waals surface area contributed by atoms with Gasteiger partial charge in [0.2, 0.25) is 11.8 Å². The van der Waals surface area contributed by atoms with Crippen molar-refractivity contribution < 1.29 is 14.3 Å². The first kappa shape index (κ1) is 22.3. The third kappa shape index (κ3) is 4.10. The molecule has 34 heavy (non-hydrogen) atoms. The molecule has 2 aliphatic heterocycles. The zero-order valence-corrected chi connectivity index (χ0v) is 19.6. The highest BCUT2D eigenvalue weighted by Gasteiger charge is 2.54. The molecule has 6 heteroatoms. The number of hydrogen-bond acceptors (Lipinski definition) is 4. The molecule has 3 atom stereocenters. The van der Waals surface area contributed by atoms with Crippen LogP contribution in [0, 0.1) is 6.92 Å². The number of aromatic nitrogens is 1. The Morgan fingerprint density at radius 3 is 2.53 bits per heavy atom. The van der Waals surface area contributed by atoms with Crippen LogP contribution >= 0.6 is 0 Å². The monoisotopic (exact) mass is 455 g/mol. The summed E-state index contributed by atoms with van der Waals surface area (Å²) in [6.07, 6.45) is 1.89. The summed E-state index contributed by atoms with van der Waals surface area (Å²) in [6.45, 7) is 3.24. The van der Waals surface area contributed by atoms with E-state index >= 15 is 0 Å². The Morgan fingerprint density at radius 2 is 1.82 bits per heavy atom. The van der Waals surface area contributed by atoms with Gasteiger partial charge in [-0.25, -0.2) is 0 Å². The number of carbonyl (C=O) groups excluding carboxylic acids is 2. The number of fused-ring (bicyclic) bond motifs is 1. The van der Waals surface area contributed by atoms with E-state index in [-0.39, 0.29) is 42.8 Å². The van der Waals surface area contributed by atoms with Gasteiger partial charge in [-0.1, -0.05) is 54.6 Å². The standard InChI is InChI=1S/C28H29N3O3/c1-19-7-3-4-9-23(19)20-10-12-21(13-11-20)28-24-16-30(17-27(33)31(24)25(28)18-34-2)26(32)15-22-8-5-6-14-29-22/h3-14,24-25,28H,15-18H2,1-2H3/t24-,25+,28+/m0/s1. The minimum Gasteiger partial charge on any atom is -0.383 e. The Balaban J connectivity index is 1.37. The molecule has 0 bridgehead atoms. The summed E-state index contributed by atoms with van der Waals surface area (Å²) in [7, 11) is 1.67. The van der Waals surface area contributed by atoms with Gasteiger partial charge in [-0.05, 0) is 41.3 Å². The summed E-state index contributed by atoms with van der Waals surface area (Å²) in [5, 5.41) is 0. The molecule has 3 heterocycles. The van der Waals surface area contributed by atoms with Gasteiger partial charge < -0.3 is 14.5 Å². The molecule has 0 spiro atoms. The molecule has 174 valence electrons. The van der Waals surface area contributed by atoms with Crippen LogP contribution < -0.4 is 0 Å². The molecule has 0 unspecified atom stereocenters. The summed E-state index contributed by atoms with van der Waals surface area (Å²) < 4.78 is 5.47. The lowest BCUT2D eigenvalue weighted by Gasteiger charge is -2.59. The van der Waals surface area contributed by atoms with E-state index in [1.807, 2.05) is 29.2 Å². The van der Waals surface area contributed by atoms with E-state index in [2.05, 4.69) is 54.4 Å². The van der Waals surface area contributed by atoms with Crippen LogP contribution in [0.3, 0.4) is 0 Å². The lowest BCUT2D eigenvalue weighted by atomic mass is 9.73. The molecule has 2 saturated heterocycles. The molecular formula is C28H29N3O3. The van der Waals surface area contributed by atoms with E-state index in [0.29, 0.717) is 13.2 Å². The van der Waals surface area contributed by atoms with Crippen molar-refractivity contribution in [2.75, 3.05) is 26.8 Å². The van der Waals surface area contributed by atoms with E-state index in [0.717, 1.165) is 5.69 Å². The fraction of sp³-hybridized carbons (Fsp3) is 0.321. The summed E-state index contributed by atoms with van der Waals surface area (Å²) in [6, 6.07) is 22.5. The number of benzene rings is 2. The van der Waals surface area contributed by atoms with Crippen LogP contribution in [0.1, 0.15) is 22.7 Å². The van der Waals surface area contributed by atoms with Crippen LogP contribution in [0.4, 0.5) is 0 Å². The molecule has 0 radical (unpaired) electrons. The molecule has 3 aromatic rings.